The molecular weight excluding hydrogens is 272 g/mol. The fourth-order valence-electron chi connectivity index (χ4n) is 2.61. The Labute approximate surface area is 123 Å². The molecule has 20 heavy (non-hydrogen) atoms. The highest BCUT2D eigenvalue weighted by Crippen LogP contribution is 2.40. The van der Waals surface area contributed by atoms with E-state index in [9.17, 15) is 9.59 Å². The Morgan fingerprint density at radius 3 is 2.70 bits per heavy atom. The highest BCUT2D eigenvalue weighted by atomic mass is 32.1. The number of hydrogen-bond donors (Lipinski definition) is 2. The smallest absolute Gasteiger partial charge is 0.251 e. The number of amides is 2. The number of nitrogens with two attached hydrogens (primary N) is 1. The topological polar surface area (TPSA) is 72.2 Å². The molecule has 1 aliphatic carbocycles. The standard InChI is InChI=1S/C15H22N2O2S/c1-4-9-5-6-10-11(7-9)20-15(12(10)13(16)18)17-14(19)8(2)3/h8-9H,4-7H2,1-3H3,(H2,16,18)(H,17,19). The molecular formula is C15H22N2O2S. The number of carbonyl (C=O) groups is 2. The molecule has 1 aromatic rings. The van der Waals surface area contributed by atoms with Crippen molar-refractivity contribution >= 4 is 28.2 Å². The van der Waals surface area contributed by atoms with E-state index in [4.69, 9.17) is 5.73 Å². The van der Waals surface area contributed by atoms with Crippen LogP contribution in [0, 0.1) is 11.8 Å². The molecule has 0 fully saturated rings. The SMILES string of the molecule is CCC1CCc2c(sc(NC(=O)C(C)C)c2C(N)=O)C1. The van der Waals surface area contributed by atoms with Gasteiger partial charge in [-0.2, -0.15) is 0 Å². The predicted molar refractivity (Wildman–Crippen MR) is 82.1 cm³/mol. The molecule has 0 saturated carbocycles. The van der Waals surface area contributed by atoms with E-state index >= 15 is 0 Å². The third-order valence-electron chi connectivity index (χ3n) is 3.95. The van der Waals surface area contributed by atoms with E-state index in [-0.39, 0.29) is 11.8 Å². The predicted octanol–water partition coefficient (Wildman–Crippen LogP) is 2.96. The molecule has 1 unspecified atom stereocenters. The molecule has 1 aromatic heterocycles. The van der Waals surface area contributed by atoms with Gasteiger partial charge in [-0.25, -0.2) is 0 Å². The number of primary amides is 1. The minimum Gasteiger partial charge on any atom is -0.365 e. The zero-order valence-electron chi connectivity index (χ0n) is 12.3. The van der Waals surface area contributed by atoms with E-state index in [0.717, 1.165) is 31.2 Å². The lowest BCUT2D eigenvalue weighted by Gasteiger charge is -2.20. The van der Waals surface area contributed by atoms with Gasteiger partial charge in [0.15, 0.2) is 0 Å². The summed E-state index contributed by atoms with van der Waals surface area (Å²) in [7, 11) is 0. The summed E-state index contributed by atoms with van der Waals surface area (Å²) in [4.78, 5) is 24.8. The van der Waals surface area contributed by atoms with Crippen molar-refractivity contribution in [2.45, 2.75) is 46.5 Å². The molecule has 4 nitrogen and oxygen atoms in total. The first-order chi connectivity index (χ1) is 9.43. The minimum absolute atomic E-state index is 0.0712. The van der Waals surface area contributed by atoms with E-state index in [1.165, 1.54) is 16.2 Å². The maximum Gasteiger partial charge on any atom is 0.251 e. The Balaban J connectivity index is 2.35. The summed E-state index contributed by atoms with van der Waals surface area (Å²) in [5.41, 5.74) is 7.12. The van der Waals surface area contributed by atoms with Crippen LogP contribution in [0.15, 0.2) is 0 Å². The monoisotopic (exact) mass is 294 g/mol. The van der Waals surface area contributed by atoms with Crippen LogP contribution in [0.3, 0.4) is 0 Å². The second-order valence-corrected chi connectivity index (χ2v) is 6.84. The highest BCUT2D eigenvalue weighted by Gasteiger charge is 2.28. The number of hydrogen-bond acceptors (Lipinski definition) is 3. The zero-order chi connectivity index (χ0) is 14.9. The Morgan fingerprint density at radius 2 is 2.15 bits per heavy atom. The van der Waals surface area contributed by atoms with Gasteiger partial charge in [-0.1, -0.05) is 27.2 Å². The third-order valence-corrected chi connectivity index (χ3v) is 5.12. The largest absolute Gasteiger partial charge is 0.365 e. The average Bonchev–Trinajstić information content (AvgIpc) is 2.75. The normalized spacial score (nSPS) is 17.9. The van der Waals surface area contributed by atoms with Gasteiger partial charge in [0.1, 0.15) is 5.00 Å². The molecule has 0 bridgehead atoms. The second-order valence-electron chi connectivity index (χ2n) is 5.73. The van der Waals surface area contributed by atoms with Crippen molar-refractivity contribution in [3.8, 4) is 0 Å². The van der Waals surface area contributed by atoms with Crippen LogP contribution in [0.25, 0.3) is 0 Å². The number of anilines is 1. The fraction of sp³-hybridized carbons (Fsp3) is 0.600. The molecule has 1 heterocycles. The minimum atomic E-state index is -0.434. The molecule has 0 radical (unpaired) electrons. The molecule has 2 amide bonds. The molecule has 0 spiro atoms. The summed E-state index contributed by atoms with van der Waals surface area (Å²) in [5, 5.41) is 3.50. The summed E-state index contributed by atoms with van der Waals surface area (Å²) in [5.74, 6) is 0.0587. The first kappa shape index (κ1) is 15.0. The number of nitrogens with one attached hydrogen (secondary N) is 1. The molecule has 1 aliphatic rings. The number of carbonyl (C=O) groups excluding carboxylic acids is 2. The number of rotatable bonds is 4. The van der Waals surface area contributed by atoms with Crippen molar-refractivity contribution in [2.24, 2.45) is 17.6 Å². The Hall–Kier alpha value is -1.36. The molecule has 0 aliphatic heterocycles. The van der Waals surface area contributed by atoms with E-state index in [1.54, 1.807) is 0 Å². The van der Waals surface area contributed by atoms with Crippen molar-refractivity contribution in [1.29, 1.82) is 0 Å². The summed E-state index contributed by atoms with van der Waals surface area (Å²) >= 11 is 1.52. The summed E-state index contributed by atoms with van der Waals surface area (Å²) in [6, 6.07) is 0. The lowest BCUT2D eigenvalue weighted by Crippen LogP contribution is -2.21. The van der Waals surface area contributed by atoms with Crippen LogP contribution >= 0.6 is 11.3 Å². The van der Waals surface area contributed by atoms with Gasteiger partial charge in [-0.15, -0.1) is 11.3 Å². The van der Waals surface area contributed by atoms with Gasteiger partial charge in [-0.3, -0.25) is 9.59 Å². The van der Waals surface area contributed by atoms with Crippen LogP contribution in [0.2, 0.25) is 0 Å². The lowest BCUT2D eigenvalue weighted by atomic mass is 9.85. The van der Waals surface area contributed by atoms with Gasteiger partial charge in [0.2, 0.25) is 5.91 Å². The number of fused-ring (bicyclic) bond motifs is 1. The van der Waals surface area contributed by atoms with Crippen LogP contribution < -0.4 is 11.1 Å². The van der Waals surface area contributed by atoms with Crippen molar-refractivity contribution in [3.63, 3.8) is 0 Å². The maximum absolute atomic E-state index is 11.9. The van der Waals surface area contributed by atoms with Gasteiger partial charge < -0.3 is 11.1 Å². The molecule has 2 rings (SSSR count). The van der Waals surface area contributed by atoms with Crippen molar-refractivity contribution in [1.82, 2.24) is 0 Å². The first-order valence-corrected chi connectivity index (χ1v) is 8.00. The molecule has 1 atom stereocenters. The van der Waals surface area contributed by atoms with Crippen LogP contribution in [-0.2, 0) is 17.6 Å². The van der Waals surface area contributed by atoms with Crippen LogP contribution in [0.4, 0.5) is 5.00 Å². The molecule has 3 N–H and O–H groups in total. The van der Waals surface area contributed by atoms with Crippen LogP contribution in [0.1, 0.15) is 54.4 Å². The quantitative estimate of drug-likeness (QED) is 0.896. The van der Waals surface area contributed by atoms with Gasteiger partial charge in [0.05, 0.1) is 5.56 Å². The highest BCUT2D eigenvalue weighted by molar-refractivity contribution is 7.17. The Kier molecular flexibility index (Phi) is 4.48. The average molecular weight is 294 g/mol. The number of thiophene rings is 1. The maximum atomic E-state index is 11.9. The molecule has 0 saturated heterocycles. The van der Waals surface area contributed by atoms with Gasteiger partial charge in [0.25, 0.3) is 5.91 Å². The molecule has 0 aromatic carbocycles. The second kappa shape index (κ2) is 5.95. The Morgan fingerprint density at radius 1 is 1.45 bits per heavy atom. The Bertz CT molecular complexity index is 534. The van der Waals surface area contributed by atoms with Crippen LogP contribution in [-0.4, -0.2) is 11.8 Å². The lowest BCUT2D eigenvalue weighted by molar-refractivity contribution is -0.118. The van der Waals surface area contributed by atoms with E-state index in [0.29, 0.717) is 16.5 Å². The zero-order valence-corrected chi connectivity index (χ0v) is 13.1. The van der Waals surface area contributed by atoms with E-state index in [2.05, 4.69) is 12.2 Å². The molecule has 5 heteroatoms. The summed E-state index contributed by atoms with van der Waals surface area (Å²) in [6.07, 6.45) is 4.13. The third kappa shape index (κ3) is 2.87. The van der Waals surface area contributed by atoms with E-state index in [1.807, 2.05) is 13.8 Å². The van der Waals surface area contributed by atoms with Gasteiger partial charge in [-0.05, 0) is 30.7 Å². The van der Waals surface area contributed by atoms with Gasteiger partial charge >= 0.3 is 0 Å². The van der Waals surface area contributed by atoms with Crippen molar-refractivity contribution < 1.29 is 9.59 Å². The van der Waals surface area contributed by atoms with Crippen molar-refractivity contribution in [2.75, 3.05) is 5.32 Å². The first-order valence-electron chi connectivity index (χ1n) is 7.19. The fourth-order valence-corrected chi connectivity index (χ4v) is 3.98. The van der Waals surface area contributed by atoms with Crippen LogP contribution in [0.5, 0.6) is 0 Å². The van der Waals surface area contributed by atoms with Gasteiger partial charge in [0, 0.05) is 10.8 Å². The summed E-state index contributed by atoms with van der Waals surface area (Å²) in [6.45, 7) is 5.86. The summed E-state index contributed by atoms with van der Waals surface area (Å²) < 4.78 is 0. The van der Waals surface area contributed by atoms with E-state index < -0.39 is 5.91 Å². The molecule has 110 valence electrons. The van der Waals surface area contributed by atoms with Crippen molar-refractivity contribution in [3.05, 3.63) is 16.0 Å².